The predicted octanol–water partition coefficient (Wildman–Crippen LogP) is 2.46. The van der Waals surface area contributed by atoms with Crippen molar-refractivity contribution in [3.05, 3.63) is 24.2 Å². The fourth-order valence-electron chi connectivity index (χ4n) is 2.92. The normalized spacial score (nSPS) is 18.7. The molecule has 0 saturated carbocycles. The Bertz CT molecular complexity index is 419. The van der Waals surface area contributed by atoms with E-state index in [9.17, 15) is 0 Å². The monoisotopic (exact) mass is 292 g/mol. The third-order valence-electron chi connectivity index (χ3n) is 4.22. The molecule has 0 spiro atoms. The summed E-state index contributed by atoms with van der Waals surface area (Å²) >= 11 is 0. The van der Waals surface area contributed by atoms with Crippen molar-refractivity contribution in [2.75, 3.05) is 32.7 Å². The van der Waals surface area contributed by atoms with Crippen molar-refractivity contribution >= 4 is 5.96 Å². The second-order valence-electron chi connectivity index (χ2n) is 5.50. The first-order chi connectivity index (χ1) is 10.3. The highest BCUT2D eigenvalue weighted by Gasteiger charge is 2.24. The van der Waals surface area contributed by atoms with Crippen LogP contribution in [0.1, 0.15) is 44.9 Å². The summed E-state index contributed by atoms with van der Waals surface area (Å²) in [5, 5.41) is 0. The van der Waals surface area contributed by atoms with Crippen LogP contribution in [-0.2, 0) is 0 Å². The second kappa shape index (κ2) is 8.08. The molecule has 1 aliphatic rings. The molecule has 2 rings (SSSR count). The van der Waals surface area contributed by atoms with Crippen LogP contribution in [0.2, 0.25) is 0 Å². The van der Waals surface area contributed by atoms with Gasteiger partial charge in [-0.2, -0.15) is 0 Å². The van der Waals surface area contributed by atoms with Crippen molar-refractivity contribution in [2.45, 2.75) is 39.2 Å². The molecule has 0 amide bonds. The molecular weight excluding hydrogens is 264 g/mol. The maximum Gasteiger partial charge on any atom is 0.191 e. The minimum atomic E-state index is 0.203. The summed E-state index contributed by atoms with van der Waals surface area (Å²) in [7, 11) is 0. The molecule has 21 heavy (non-hydrogen) atoms. The molecule has 5 heteroatoms. The van der Waals surface area contributed by atoms with Gasteiger partial charge in [-0.3, -0.25) is 9.89 Å². The standard InChI is InChI=1S/C16H28N4O/c1-3-19(4-2)16(17)18-13-14(15-9-8-12-21-15)20-10-6-5-7-11-20/h8-9,12,14H,3-7,10-11,13H2,1-2H3,(H2,17,18). The lowest BCUT2D eigenvalue weighted by molar-refractivity contribution is 0.150. The average Bonchev–Trinajstić information content (AvgIpc) is 3.04. The largest absolute Gasteiger partial charge is 0.468 e. The number of hydrogen-bond donors (Lipinski definition) is 1. The lowest BCUT2D eigenvalue weighted by Gasteiger charge is -2.32. The summed E-state index contributed by atoms with van der Waals surface area (Å²) in [6.07, 6.45) is 5.58. The van der Waals surface area contributed by atoms with E-state index in [-0.39, 0.29) is 6.04 Å². The lowest BCUT2D eigenvalue weighted by Crippen LogP contribution is -2.39. The van der Waals surface area contributed by atoms with E-state index in [1.165, 1.54) is 19.3 Å². The Labute approximate surface area is 127 Å². The van der Waals surface area contributed by atoms with Crippen LogP contribution in [0.3, 0.4) is 0 Å². The van der Waals surface area contributed by atoms with Gasteiger partial charge in [0, 0.05) is 13.1 Å². The molecule has 0 aliphatic carbocycles. The van der Waals surface area contributed by atoms with E-state index in [0.717, 1.165) is 31.9 Å². The Morgan fingerprint density at radius 2 is 2.05 bits per heavy atom. The summed E-state index contributed by atoms with van der Waals surface area (Å²) in [4.78, 5) is 9.17. The van der Waals surface area contributed by atoms with E-state index in [4.69, 9.17) is 10.2 Å². The molecule has 1 aliphatic heterocycles. The Hall–Kier alpha value is -1.49. The van der Waals surface area contributed by atoms with Gasteiger partial charge < -0.3 is 15.1 Å². The first kappa shape index (κ1) is 15.9. The minimum Gasteiger partial charge on any atom is -0.468 e. The summed E-state index contributed by atoms with van der Waals surface area (Å²) < 4.78 is 5.63. The number of nitrogens with zero attached hydrogens (tertiary/aromatic N) is 3. The van der Waals surface area contributed by atoms with Crippen molar-refractivity contribution in [3.63, 3.8) is 0 Å². The van der Waals surface area contributed by atoms with E-state index >= 15 is 0 Å². The van der Waals surface area contributed by atoms with Crippen LogP contribution in [0.4, 0.5) is 0 Å². The summed E-state index contributed by atoms with van der Waals surface area (Å²) in [6.45, 7) is 8.87. The average molecular weight is 292 g/mol. The second-order valence-corrected chi connectivity index (χ2v) is 5.50. The molecule has 2 N–H and O–H groups in total. The number of nitrogens with two attached hydrogens (primary N) is 1. The highest BCUT2D eigenvalue weighted by molar-refractivity contribution is 5.78. The molecule has 1 aromatic heterocycles. The summed E-state index contributed by atoms with van der Waals surface area (Å²) in [6, 6.07) is 4.20. The first-order valence-electron chi connectivity index (χ1n) is 8.08. The van der Waals surface area contributed by atoms with Gasteiger partial charge >= 0.3 is 0 Å². The maximum absolute atomic E-state index is 6.10. The number of likely N-dealkylation sites (tertiary alicyclic amines) is 1. The lowest BCUT2D eigenvalue weighted by atomic mass is 10.1. The van der Waals surface area contributed by atoms with Crippen LogP contribution in [0.15, 0.2) is 27.8 Å². The quantitative estimate of drug-likeness (QED) is 0.646. The first-order valence-corrected chi connectivity index (χ1v) is 8.08. The van der Waals surface area contributed by atoms with Crippen molar-refractivity contribution in [1.29, 1.82) is 0 Å². The van der Waals surface area contributed by atoms with Gasteiger partial charge in [0.05, 0.1) is 18.8 Å². The van der Waals surface area contributed by atoms with Gasteiger partial charge in [0.25, 0.3) is 0 Å². The molecule has 1 aromatic rings. The van der Waals surface area contributed by atoms with Crippen molar-refractivity contribution < 1.29 is 4.42 Å². The Morgan fingerprint density at radius 1 is 1.33 bits per heavy atom. The van der Waals surface area contributed by atoms with E-state index in [1.54, 1.807) is 6.26 Å². The third kappa shape index (κ3) is 4.24. The fraction of sp³-hybridized carbons (Fsp3) is 0.688. The highest BCUT2D eigenvalue weighted by atomic mass is 16.3. The SMILES string of the molecule is CCN(CC)C(N)=NCC(c1ccco1)N1CCCCC1. The molecule has 0 aromatic carbocycles. The van der Waals surface area contributed by atoms with Crippen molar-refractivity contribution in [1.82, 2.24) is 9.80 Å². The highest BCUT2D eigenvalue weighted by Crippen LogP contribution is 2.25. The minimum absolute atomic E-state index is 0.203. The summed E-state index contributed by atoms with van der Waals surface area (Å²) in [5.41, 5.74) is 6.10. The predicted molar refractivity (Wildman–Crippen MR) is 86.3 cm³/mol. The molecule has 1 fully saturated rings. The zero-order chi connectivity index (χ0) is 15.1. The zero-order valence-electron chi connectivity index (χ0n) is 13.3. The van der Waals surface area contributed by atoms with Crippen LogP contribution in [0.25, 0.3) is 0 Å². The summed E-state index contributed by atoms with van der Waals surface area (Å²) in [5.74, 6) is 1.63. The van der Waals surface area contributed by atoms with E-state index in [1.807, 2.05) is 12.1 Å². The zero-order valence-corrected chi connectivity index (χ0v) is 13.3. The number of rotatable bonds is 6. The molecule has 1 saturated heterocycles. The van der Waals surface area contributed by atoms with Gasteiger partial charge in [-0.1, -0.05) is 6.42 Å². The van der Waals surface area contributed by atoms with E-state index in [2.05, 4.69) is 28.6 Å². The smallest absolute Gasteiger partial charge is 0.191 e. The van der Waals surface area contributed by atoms with Gasteiger partial charge in [-0.15, -0.1) is 0 Å². The molecular formula is C16H28N4O. The van der Waals surface area contributed by atoms with Gasteiger partial charge in [-0.05, 0) is 51.9 Å². The van der Waals surface area contributed by atoms with E-state index < -0.39 is 0 Å². The molecule has 118 valence electrons. The molecule has 0 radical (unpaired) electrons. The topological polar surface area (TPSA) is 58.0 Å². The molecule has 1 unspecified atom stereocenters. The number of hydrogen-bond acceptors (Lipinski definition) is 3. The van der Waals surface area contributed by atoms with Crippen LogP contribution in [0.5, 0.6) is 0 Å². The number of guanidine groups is 1. The van der Waals surface area contributed by atoms with Crippen LogP contribution in [0, 0.1) is 0 Å². The number of furan rings is 1. The maximum atomic E-state index is 6.10. The third-order valence-corrected chi connectivity index (χ3v) is 4.22. The Balaban J connectivity index is 2.07. The molecule has 2 heterocycles. The van der Waals surface area contributed by atoms with Crippen LogP contribution in [-0.4, -0.2) is 48.5 Å². The van der Waals surface area contributed by atoms with E-state index in [0.29, 0.717) is 12.5 Å². The van der Waals surface area contributed by atoms with Crippen molar-refractivity contribution in [2.24, 2.45) is 10.7 Å². The van der Waals surface area contributed by atoms with Gasteiger partial charge in [-0.25, -0.2) is 0 Å². The van der Waals surface area contributed by atoms with Gasteiger partial charge in [0.1, 0.15) is 5.76 Å². The van der Waals surface area contributed by atoms with Crippen molar-refractivity contribution in [3.8, 4) is 0 Å². The molecule has 1 atom stereocenters. The Kier molecular flexibility index (Phi) is 6.11. The number of piperidine rings is 1. The van der Waals surface area contributed by atoms with Crippen LogP contribution >= 0.6 is 0 Å². The molecule has 5 nitrogen and oxygen atoms in total. The van der Waals surface area contributed by atoms with Gasteiger partial charge in [0.15, 0.2) is 5.96 Å². The van der Waals surface area contributed by atoms with Gasteiger partial charge in [0.2, 0.25) is 0 Å². The van der Waals surface area contributed by atoms with Crippen LogP contribution < -0.4 is 5.73 Å². The fourth-order valence-corrected chi connectivity index (χ4v) is 2.92. The number of aliphatic imine (C=N–C) groups is 1. The molecule has 0 bridgehead atoms. The Morgan fingerprint density at radius 3 is 2.62 bits per heavy atom.